The molecule has 2 aromatic rings. The molecule has 0 spiro atoms. The maximum Gasteiger partial charge on any atom is 0.255 e. The van der Waals surface area contributed by atoms with Crippen molar-refractivity contribution >= 4 is 27.5 Å². The average molecular weight is 499 g/mol. The van der Waals surface area contributed by atoms with Crippen LogP contribution in [-0.4, -0.2) is 55.1 Å². The lowest BCUT2D eigenvalue weighted by Gasteiger charge is -2.34. The fourth-order valence-electron chi connectivity index (χ4n) is 5.28. The standard InChI is InChI=1S/C26H34N4O4S/c1-18-13-19(2)16-30(15-18)35(33,34)22-9-5-8-20(14-22)26(32)28-23-10-4-3-7-21(23)17-29-12-6-11-24(29)25(27)31/h3-5,7-10,14,18-19,24H,6,11-13,15-17H2,1-2H3,(H2,27,31)(H,28,32). The number of nitrogens with one attached hydrogen (secondary N) is 1. The first-order valence-electron chi connectivity index (χ1n) is 12.2. The lowest BCUT2D eigenvalue weighted by Crippen LogP contribution is -2.42. The van der Waals surface area contributed by atoms with Gasteiger partial charge in [-0.1, -0.05) is 38.1 Å². The molecule has 35 heavy (non-hydrogen) atoms. The van der Waals surface area contributed by atoms with E-state index < -0.39 is 10.0 Å². The number of nitrogens with two attached hydrogens (primary N) is 1. The predicted molar refractivity (Wildman–Crippen MR) is 135 cm³/mol. The highest BCUT2D eigenvalue weighted by Gasteiger charge is 2.32. The van der Waals surface area contributed by atoms with E-state index in [1.54, 1.807) is 24.3 Å². The van der Waals surface area contributed by atoms with Gasteiger partial charge in [-0.25, -0.2) is 8.42 Å². The summed E-state index contributed by atoms with van der Waals surface area (Å²) in [5.74, 6) is -0.134. The number of hydrogen-bond donors (Lipinski definition) is 2. The normalized spacial score (nSPS) is 23.8. The minimum Gasteiger partial charge on any atom is -0.368 e. The Morgan fingerprint density at radius 3 is 2.49 bits per heavy atom. The Labute approximate surface area is 207 Å². The first-order valence-corrected chi connectivity index (χ1v) is 13.6. The van der Waals surface area contributed by atoms with Crippen molar-refractivity contribution in [1.82, 2.24) is 9.21 Å². The molecule has 0 saturated carbocycles. The van der Waals surface area contributed by atoms with Crippen LogP contribution in [0, 0.1) is 11.8 Å². The van der Waals surface area contributed by atoms with Gasteiger partial charge in [-0.15, -0.1) is 0 Å². The van der Waals surface area contributed by atoms with Crippen LogP contribution in [0.2, 0.25) is 0 Å². The number of carbonyl (C=O) groups is 2. The maximum absolute atomic E-state index is 13.3. The Balaban J connectivity index is 1.52. The molecule has 3 atom stereocenters. The highest BCUT2D eigenvalue weighted by Crippen LogP contribution is 2.28. The van der Waals surface area contributed by atoms with Gasteiger partial charge in [0.15, 0.2) is 0 Å². The summed E-state index contributed by atoms with van der Waals surface area (Å²) in [5, 5.41) is 2.93. The molecule has 0 bridgehead atoms. The molecule has 2 aliphatic heterocycles. The lowest BCUT2D eigenvalue weighted by molar-refractivity contribution is -0.122. The van der Waals surface area contributed by atoms with E-state index in [2.05, 4.69) is 19.2 Å². The summed E-state index contributed by atoms with van der Waals surface area (Å²) in [4.78, 5) is 27.1. The predicted octanol–water partition coefficient (Wildman–Crippen LogP) is 3.06. The molecule has 3 N–H and O–H groups in total. The molecule has 188 valence electrons. The summed E-state index contributed by atoms with van der Waals surface area (Å²) < 4.78 is 28.1. The number of rotatable bonds is 7. The van der Waals surface area contributed by atoms with Gasteiger partial charge >= 0.3 is 0 Å². The van der Waals surface area contributed by atoms with Crippen LogP contribution in [0.1, 0.15) is 49.0 Å². The Kier molecular flexibility index (Phi) is 7.59. The zero-order valence-electron chi connectivity index (χ0n) is 20.3. The number of nitrogens with zero attached hydrogens (tertiary/aromatic N) is 2. The third-order valence-corrected chi connectivity index (χ3v) is 8.73. The van der Waals surface area contributed by atoms with Crippen LogP contribution < -0.4 is 11.1 Å². The quantitative estimate of drug-likeness (QED) is 0.609. The van der Waals surface area contributed by atoms with E-state index in [9.17, 15) is 18.0 Å². The minimum atomic E-state index is -3.69. The first-order chi connectivity index (χ1) is 16.6. The van der Waals surface area contributed by atoms with Crippen LogP contribution in [0.5, 0.6) is 0 Å². The van der Waals surface area contributed by atoms with E-state index in [1.165, 1.54) is 10.4 Å². The number of hydrogen-bond acceptors (Lipinski definition) is 5. The first kappa shape index (κ1) is 25.3. The molecule has 3 unspecified atom stereocenters. The third kappa shape index (κ3) is 5.74. The number of carbonyl (C=O) groups excluding carboxylic acids is 2. The van der Waals surface area contributed by atoms with Crippen molar-refractivity contribution in [3.8, 4) is 0 Å². The van der Waals surface area contributed by atoms with Crippen LogP contribution in [0.4, 0.5) is 5.69 Å². The van der Waals surface area contributed by atoms with Crippen LogP contribution in [0.3, 0.4) is 0 Å². The van der Waals surface area contributed by atoms with Gasteiger partial charge in [0.25, 0.3) is 5.91 Å². The van der Waals surface area contributed by atoms with E-state index in [1.807, 2.05) is 23.1 Å². The number of amides is 2. The molecule has 2 heterocycles. The largest absolute Gasteiger partial charge is 0.368 e. The second kappa shape index (κ2) is 10.5. The molecule has 9 heteroatoms. The van der Waals surface area contributed by atoms with Gasteiger partial charge in [0, 0.05) is 30.9 Å². The highest BCUT2D eigenvalue weighted by molar-refractivity contribution is 7.89. The van der Waals surface area contributed by atoms with Gasteiger partial charge in [0.1, 0.15) is 0 Å². The van der Waals surface area contributed by atoms with E-state index in [0.29, 0.717) is 37.2 Å². The third-order valence-electron chi connectivity index (χ3n) is 6.90. The summed E-state index contributed by atoms with van der Waals surface area (Å²) in [5.41, 5.74) is 7.32. The van der Waals surface area contributed by atoms with Crippen molar-refractivity contribution in [3.63, 3.8) is 0 Å². The molecule has 0 aliphatic carbocycles. The SMILES string of the molecule is CC1CC(C)CN(S(=O)(=O)c2cccc(C(=O)Nc3ccccc3CN3CCCC3C(N)=O)c2)C1. The number of likely N-dealkylation sites (tertiary alicyclic amines) is 1. The molecule has 2 amide bonds. The number of sulfonamides is 1. The van der Waals surface area contributed by atoms with Gasteiger partial charge in [-0.05, 0) is 67.5 Å². The molecular weight excluding hydrogens is 464 g/mol. The molecule has 8 nitrogen and oxygen atoms in total. The van der Waals surface area contributed by atoms with Gasteiger partial charge in [0.05, 0.1) is 10.9 Å². The molecule has 0 radical (unpaired) electrons. The van der Waals surface area contributed by atoms with Crippen molar-refractivity contribution in [2.75, 3.05) is 25.0 Å². The highest BCUT2D eigenvalue weighted by atomic mass is 32.2. The Morgan fingerprint density at radius 1 is 1.06 bits per heavy atom. The van der Waals surface area contributed by atoms with Crippen LogP contribution in [0.25, 0.3) is 0 Å². The van der Waals surface area contributed by atoms with Crippen LogP contribution in [-0.2, 0) is 21.4 Å². The summed E-state index contributed by atoms with van der Waals surface area (Å²) in [6.07, 6.45) is 2.64. The van der Waals surface area contributed by atoms with Gasteiger partial charge < -0.3 is 11.1 Å². The molecule has 2 saturated heterocycles. The molecular formula is C26H34N4O4S. The van der Waals surface area contributed by atoms with Crippen molar-refractivity contribution in [2.45, 2.75) is 50.6 Å². The summed E-state index contributed by atoms with van der Waals surface area (Å²) in [7, 11) is -3.69. The lowest BCUT2D eigenvalue weighted by atomic mass is 9.94. The van der Waals surface area contributed by atoms with Crippen molar-refractivity contribution in [1.29, 1.82) is 0 Å². The molecule has 4 rings (SSSR count). The van der Waals surface area contributed by atoms with Crippen molar-refractivity contribution in [3.05, 3.63) is 59.7 Å². The van der Waals surface area contributed by atoms with E-state index >= 15 is 0 Å². The maximum atomic E-state index is 13.3. The van der Waals surface area contributed by atoms with Crippen molar-refractivity contribution in [2.24, 2.45) is 17.6 Å². The molecule has 2 aliphatic rings. The van der Waals surface area contributed by atoms with E-state index in [-0.39, 0.29) is 28.3 Å². The fourth-order valence-corrected chi connectivity index (χ4v) is 7.01. The van der Waals surface area contributed by atoms with Crippen LogP contribution in [0.15, 0.2) is 53.4 Å². The number of benzene rings is 2. The molecule has 2 fully saturated rings. The number of primary amides is 1. The smallest absolute Gasteiger partial charge is 0.255 e. The fraction of sp³-hybridized carbons (Fsp3) is 0.462. The monoisotopic (exact) mass is 498 g/mol. The Hall–Kier alpha value is -2.75. The average Bonchev–Trinajstić information content (AvgIpc) is 3.28. The van der Waals surface area contributed by atoms with Crippen molar-refractivity contribution < 1.29 is 18.0 Å². The van der Waals surface area contributed by atoms with Gasteiger partial charge in [-0.3, -0.25) is 14.5 Å². The van der Waals surface area contributed by atoms with E-state index in [4.69, 9.17) is 5.73 Å². The summed E-state index contributed by atoms with van der Waals surface area (Å²) in [6, 6.07) is 13.3. The number of piperidine rings is 1. The minimum absolute atomic E-state index is 0.126. The zero-order chi connectivity index (χ0) is 25.2. The van der Waals surface area contributed by atoms with Gasteiger partial charge in [0.2, 0.25) is 15.9 Å². The van der Waals surface area contributed by atoms with Gasteiger partial charge in [-0.2, -0.15) is 4.31 Å². The Bertz CT molecular complexity index is 1190. The number of anilines is 1. The second-order valence-electron chi connectivity index (χ2n) is 9.94. The topological polar surface area (TPSA) is 113 Å². The number of para-hydroxylation sites is 1. The van der Waals surface area contributed by atoms with E-state index in [0.717, 1.165) is 31.4 Å². The summed E-state index contributed by atoms with van der Waals surface area (Å²) >= 11 is 0. The second-order valence-corrected chi connectivity index (χ2v) is 11.9. The zero-order valence-corrected chi connectivity index (χ0v) is 21.1. The summed E-state index contributed by atoms with van der Waals surface area (Å²) in [6.45, 7) is 6.35. The van der Waals surface area contributed by atoms with Crippen LogP contribution >= 0.6 is 0 Å². The molecule has 2 aromatic carbocycles. The molecule has 0 aromatic heterocycles. The Morgan fingerprint density at radius 2 is 1.77 bits per heavy atom.